The minimum absolute atomic E-state index is 0.253. The first-order valence-electron chi connectivity index (χ1n) is 5.73. The second kappa shape index (κ2) is 5.92. The Morgan fingerprint density at radius 2 is 2.18 bits per heavy atom. The lowest BCUT2D eigenvalue weighted by Crippen LogP contribution is -2.30. The van der Waals surface area contributed by atoms with E-state index in [0.717, 1.165) is 12.8 Å². The molecular weight excluding hydrogens is 238 g/mol. The zero-order valence-electron chi connectivity index (χ0n) is 10.4. The van der Waals surface area contributed by atoms with Gasteiger partial charge in [0, 0.05) is 18.1 Å². The fourth-order valence-corrected chi connectivity index (χ4v) is 2.01. The van der Waals surface area contributed by atoms with Gasteiger partial charge in [-0.05, 0) is 31.5 Å². The van der Waals surface area contributed by atoms with Gasteiger partial charge in [-0.25, -0.2) is 4.79 Å². The summed E-state index contributed by atoms with van der Waals surface area (Å²) in [6.07, 6.45) is 2.10. The van der Waals surface area contributed by atoms with Crippen molar-refractivity contribution in [2.45, 2.75) is 32.7 Å². The normalized spacial score (nSPS) is 12.2. The number of carboxylic acids is 1. The summed E-state index contributed by atoms with van der Waals surface area (Å²) in [7, 11) is 1.91. The monoisotopic (exact) mass is 255 g/mol. The van der Waals surface area contributed by atoms with Gasteiger partial charge < -0.3 is 10.0 Å². The number of halogens is 1. The van der Waals surface area contributed by atoms with Gasteiger partial charge in [-0.1, -0.05) is 24.9 Å². The quantitative estimate of drug-likeness (QED) is 0.873. The number of benzene rings is 1. The maximum atomic E-state index is 11.2. The maximum Gasteiger partial charge on any atom is 0.337 e. The van der Waals surface area contributed by atoms with E-state index < -0.39 is 5.97 Å². The van der Waals surface area contributed by atoms with Crippen LogP contribution < -0.4 is 4.90 Å². The summed E-state index contributed by atoms with van der Waals surface area (Å²) < 4.78 is 0. The van der Waals surface area contributed by atoms with Crippen molar-refractivity contribution in [2.24, 2.45) is 0 Å². The molecule has 1 aromatic rings. The van der Waals surface area contributed by atoms with Crippen molar-refractivity contribution in [3.8, 4) is 0 Å². The Morgan fingerprint density at radius 3 is 2.71 bits per heavy atom. The Bertz CT molecular complexity index is 406. The van der Waals surface area contributed by atoms with Crippen LogP contribution in [0.1, 0.15) is 37.0 Å². The van der Waals surface area contributed by atoms with Gasteiger partial charge in [0.05, 0.1) is 11.3 Å². The van der Waals surface area contributed by atoms with E-state index in [1.165, 1.54) is 6.07 Å². The molecule has 0 bridgehead atoms. The summed E-state index contributed by atoms with van der Waals surface area (Å²) >= 11 is 5.82. The standard InChI is InChI=1S/C13H18ClNO2/c1-4-5-9(2)15(3)12-7-6-10(14)8-11(12)13(16)17/h6-9H,4-5H2,1-3H3,(H,16,17). The molecule has 0 radical (unpaired) electrons. The van der Waals surface area contributed by atoms with Crippen LogP contribution in [0.2, 0.25) is 5.02 Å². The Balaban J connectivity index is 3.08. The molecule has 1 N–H and O–H groups in total. The first-order chi connectivity index (χ1) is 7.97. The molecule has 0 spiro atoms. The van der Waals surface area contributed by atoms with Crippen molar-refractivity contribution in [2.75, 3.05) is 11.9 Å². The second-order valence-corrected chi connectivity index (χ2v) is 4.65. The highest BCUT2D eigenvalue weighted by atomic mass is 35.5. The van der Waals surface area contributed by atoms with Gasteiger partial charge in [0.2, 0.25) is 0 Å². The number of carbonyl (C=O) groups is 1. The van der Waals surface area contributed by atoms with Crippen LogP contribution in [-0.2, 0) is 0 Å². The number of anilines is 1. The Morgan fingerprint density at radius 1 is 1.53 bits per heavy atom. The molecule has 0 heterocycles. The molecule has 0 aromatic heterocycles. The third-order valence-corrected chi connectivity index (χ3v) is 3.17. The molecule has 3 nitrogen and oxygen atoms in total. The topological polar surface area (TPSA) is 40.5 Å². The number of hydrogen-bond acceptors (Lipinski definition) is 2. The molecule has 0 aliphatic carbocycles. The fourth-order valence-electron chi connectivity index (χ4n) is 1.84. The minimum Gasteiger partial charge on any atom is -0.478 e. The molecule has 4 heteroatoms. The van der Waals surface area contributed by atoms with Crippen molar-refractivity contribution >= 4 is 23.3 Å². The molecule has 1 rings (SSSR count). The average molecular weight is 256 g/mol. The Labute approximate surface area is 107 Å². The van der Waals surface area contributed by atoms with Gasteiger partial charge >= 0.3 is 5.97 Å². The van der Waals surface area contributed by atoms with E-state index in [1.807, 2.05) is 11.9 Å². The highest BCUT2D eigenvalue weighted by Gasteiger charge is 2.17. The van der Waals surface area contributed by atoms with Crippen molar-refractivity contribution < 1.29 is 9.90 Å². The SMILES string of the molecule is CCCC(C)N(C)c1ccc(Cl)cc1C(=O)O. The first kappa shape index (κ1) is 13.8. The van der Waals surface area contributed by atoms with Crippen molar-refractivity contribution in [3.63, 3.8) is 0 Å². The molecular formula is C13H18ClNO2. The predicted molar refractivity (Wildman–Crippen MR) is 71.2 cm³/mol. The zero-order chi connectivity index (χ0) is 13.0. The fraction of sp³-hybridized carbons (Fsp3) is 0.462. The van der Waals surface area contributed by atoms with Crippen LogP contribution in [0.4, 0.5) is 5.69 Å². The van der Waals surface area contributed by atoms with E-state index in [2.05, 4.69) is 13.8 Å². The van der Waals surface area contributed by atoms with Gasteiger partial charge in [-0.15, -0.1) is 0 Å². The molecule has 0 saturated heterocycles. The molecule has 0 fully saturated rings. The molecule has 1 aromatic carbocycles. The maximum absolute atomic E-state index is 11.2. The lowest BCUT2D eigenvalue weighted by atomic mass is 10.1. The van der Waals surface area contributed by atoms with Crippen molar-refractivity contribution in [1.29, 1.82) is 0 Å². The van der Waals surface area contributed by atoms with Crippen LogP contribution in [0.25, 0.3) is 0 Å². The van der Waals surface area contributed by atoms with E-state index in [-0.39, 0.29) is 5.56 Å². The molecule has 17 heavy (non-hydrogen) atoms. The zero-order valence-corrected chi connectivity index (χ0v) is 11.2. The lowest BCUT2D eigenvalue weighted by Gasteiger charge is -2.28. The molecule has 0 saturated carbocycles. The summed E-state index contributed by atoms with van der Waals surface area (Å²) in [5.41, 5.74) is 0.964. The van der Waals surface area contributed by atoms with Gasteiger partial charge in [0.25, 0.3) is 0 Å². The number of hydrogen-bond donors (Lipinski definition) is 1. The Hall–Kier alpha value is -1.22. The second-order valence-electron chi connectivity index (χ2n) is 4.22. The van der Waals surface area contributed by atoms with Crippen LogP contribution in [0.15, 0.2) is 18.2 Å². The van der Waals surface area contributed by atoms with Crippen molar-refractivity contribution in [1.82, 2.24) is 0 Å². The van der Waals surface area contributed by atoms with Crippen LogP contribution >= 0.6 is 11.6 Å². The molecule has 1 atom stereocenters. The summed E-state index contributed by atoms with van der Waals surface area (Å²) in [5.74, 6) is -0.946. The van der Waals surface area contributed by atoms with Gasteiger partial charge in [-0.3, -0.25) is 0 Å². The van der Waals surface area contributed by atoms with Gasteiger partial charge in [-0.2, -0.15) is 0 Å². The predicted octanol–water partition coefficient (Wildman–Crippen LogP) is 3.66. The lowest BCUT2D eigenvalue weighted by molar-refractivity contribution is 0.0697. The van der Waals surface area contributed by atoms with E-state index in [1.54, 1.807) is 12.1 Å². The number of aromatic carboxylic acids is 1. The summed E-state index contributed by atoms with van der Waals surface area (Å²) in [6.45, 7) is 4.20. The van der Waals surface area contributed by atoms with Crippen LogP contribution in [0, 0.1) is 0 Å². The summed E-state index contributed by atoms with van der Waals surface area (Å²) in [5, 5.41) is 9.61. The van der Waals surface area contributed by atoms with E-state index in [0.29, 0.717) is 16.8 Å². The van der Waals surface area contributed by atoms with Crippen LogP contribution in [0.3, 0.4) is 0 Å². The van der Waals surface area contributed by atoms with E-state index >= 15 is 0 Å². The van der Waals surface area contributed by atoms with E-state index in [9.17, 15) is 4.79 Å². The number of carboxylic acid groups (broad SMARTS) is 1. The largest absolute Gasteiger partial charge is 0.478 e. The average Bonchev–Trinajstić information content (AvgIpc) is 2.28. The van der Waals surface area contributed by atoms with Gasteiger partial charge in [0.1, 0.15) is 0 Å². The summed E-state index contributed by atoms with van der Waals surface area (Å²) in [4.78, 5) is 13.2. The number of rotatable bonds is 5. The highest BCUT2D eigenvalue weighted by molar-refractivity contribution is 6.31. The third kappa shape index (κ3) is 3.37. The van der Waals surface area contributed by atoms with Crippen LogP contribution in [-0.4, -0.2) is 24.2 Å². The smallest absolute Gasteiger partial charge is 0.337 e. The first-order valence-corrected chi connectivity index (χ1v) is 6.10. The Kier molecular flexibility index (Phi) is 4.82. The van der Waals surface area contributed by atoms with Crippen LogP contribution in [0.5, 0.6) is 0 Å². The van der Waals surface area contributed by atoms with Crippen molar-refractivity contribution in [3.05, 3.63) is 28.8 Å². The summed E-state index contributed by atoms with van der Waals surface area (Å²) in [6, 6.07) is 5.28. The number of nitrogens with zero attached hydrogens (tertiary/aromatic N) is 1. The highest BCUT2D eigenvalue weighted by Crippen LogP contribution is 2.25. The van der Waals surface area contributed by atoms with Gasteiger partial charge in [0.15, 0.2) is 0 Å². The van der Waals surface area contributed by atoms with E-state index in [4.69, 9.17) is 16.7 Å². The molecule has 0 aliphatic rings. The third-order valence-electron chi connectivity index (χ3n) is 2.94. The minimum atomic E-state index is -0.946. The molecule has 94 valence electrons. The molecule has 0 aliphatic heterocycles. The molecule has 1 unspecified atom stereocenters. The molecule has 0 amide bonds.